The summed E-state index contributed by atoms with van der Waals surface area (Å²) in [5.74, 6) is -1.10. The molecule has 1 aromatic heterocycles. The predicted molar refractivity (Wildman–Crippen MR) is 77.5 cm³/mol. The van der Waals surface area contributed by atoms with Gasteiger partial charge in [-0.15, -0.1) is 11.3 Å². The molecule has 0 spiro atoms. The van der Waals surface area contributed by atoms with Crippen LogP contribution in [0.1, 0.15) is 42.4 Å². The van der Waals surface area contributed by atoms with Crippen LogP contribution in [0.4, 0.5) is 0 Å². The van der Waals surface area contributed by atoms with Gasteiger partial charge in [-0.25, -0.2) is 4.79 Å². The van der Waals surface area contributed by atoms with Crippen molar-refractivity contribution in [1.29, 1.82) is 0 Å². The summed E-state index contributed by atoms with van der Waals surface area (Å²) in [4.78, 5) is 25.2. The van der Waals surface area contributed by atoms with Gasteiger partial charge in [0, 0.05) is 18.7 Å². The summed E-state index contributed by atoms with van der Waals surface area (Å²) in [5, 5.41) is 10.4. The minimum Gasteiger partial charge on any atom is -0.478 e. The fourth-order valence-electron chi connectivity index (χ4n) is 1.45. The average molecular weight is 281 g/mol. The number of carbonyl (C=O) groups is 2. The first-order valence-electron chi connectivity index (χ1n) is 6.06. The van der Waals surface area contributed by atoms with Crippen LogP contribution in [0.25, 0.3) is 6.08 Å². The number of carboxylic acid groups (broad SMARTS) is 1. The third-order valence-electron chi connectivity index (χ3n) is 3.37. The maximum absolute atomic E-state index is 12.4. The first-order chi connectivity index (χ1) is 8.79. The number of hydrogen-bond acceptors (Lipinski definition) is 3. The number of carboxylic acids is 1. The lowest BCUT2D eigenvalue weighted by atomic mass is 9.99. The summed E-state index contributed by atoms with van der Waals surface area (Å²) in [6.07, 6.45) is 3.35. The number of thiophene rings is 1. The molecule has 0 aliphatic rings. The van der Waals surface area contributed by atoms with Crippen LogP contribution in [-0.2, 0) is 4.79 Å². The Kier molecular flexibility index (Phi) is 4.89. The molecule has 19 heavy (non-hydrogen) atoms. The third-order valence-corrected chi connectivity index (χ3v) is 4.29. The van der Waals surface area contributed by atoms with E-state index in [1.165, 1.54) is 17.4 Å². The SMILES string of the molecule is CCC(C)(C)N(C)C(=O)c1sccc1C=CC(=O)O. The molecule has 0 unspecified atom stereocenters. The third kappa shape index (κ3) is 3.67. The van der Waals surface area contributed by atoms with Gasteiger partial charge in [0.05, 0.1) is 4.88 Å². The van der Waals surface area contributed by atoms with E-state index >= 15 is 0 Å². The molecule has 0 bridgehead atoms. The Morgan fingerprint density at radius 2 is 2.11 bits per heavy atom. The molecule has 0 fully saturated rings. The van der Waals surface area contributed by atoms with Crippen molar-refractivity contribution in [3.63, 3.8) is 0 Å². The second-order valence-electron chi connectivity index (χ2n) is 4.91. The maximum Gasteiger partial charge on any atom is 0.328 e. The van der Waals surface area contributed by atoms with Crippen molar-refractivity contribution in [1.82, 2.24) is 4.90 Å². The second-order valence-corrected chi connectivity index (χ2v) is 5.82. The van der Waals surface area contributed by atoms with Gasteiger partial charge in [0.2, 0.25) is 0 Å². The molecular weight excluding hydrogens is 262 g/mol. The van der Waals surface area contributed by atoms with Crippen molar-refractivity contribution < 1.29 is 14.7 Å². The molecule has 0 aliphatic heterocycles. The first kappa shape index (κ1) is 15.4. The molecule has 0 saturated carbocycles. The Labute approximate surface area is 117 Å². The zero-order valence-corrected chi connectivity index (χ0v) is 12.5. The minimum absolute atomic E-state index is 0.0770. The van der Waals surface area contributed by atoms with Crippen LogP contribution in [0.2, 0.25) is 0 Å². The van der Waals surface area contributed by atoms with Gasteiger partial charge >= 0.3 is 5.97 Å². The number of carbonyl (C=O) groups excluding carboxylic acids is 1. The van der Waals surface area contributed by atoms with E-state index in [4.69, 9.17) is 5.11 Å². The van der Waals surface area contributed by atoms with Crippen LogP contribution in [-0.4, -0.2) is 34.5 Å². The molecule has 1 aromatic rings. The van der Waals surface area contributed by atoms with Crippen LogP contribution >= 0.6 is 11.3 Å². The molecule has 0 aliphatic carbocycles. The lowest BCUT2D eigenvalue weighted by Gasteiger charge is -2.34. The van der Waals surface area contributed by atoms with Gasteiger partial charge in [-0.2, -0.15) is 0 Å². The largest absolute Gasteiger partial charge is 0.478 e. The highest BCUT2D eigenvalue weighted by Gasteiger charge is 2.28. The van der Waals surface area contributed by atoms with Crippen molar-refractivity contribution in [2.24, 2.45) is 0 Å². The highest BCUT2D eigenvalue weighted by molar-refractivity contribution is 7.12. The van der Waals surface area contributed by atoms with E-state index in [1.807, 2.05) is 20.8 Å². The lowest BCUT2D eigenvalue weighted by Crippen LogP contribution is -2.44. The van der Waals surface area contributed by atoms with E-state index in [0.717, 1.165) is 12.5 Å². The second kappa shape index (κ2) is 6.02. The molecule has 1 N–H and O–H groups in total. The van der Waals surface area contributed by atoms with E-state index in [2.05, 4.69) is 0 Å². The number of amides is 1. The highest BCUT2D eigenvalue weighted by atomic mass is 32.1. The topological polar surface area (TPSA) is 57.6 Å². The maximum atomic E-state index is 12.4. The van der Waals surface area contributed by atoms with E-state index < -0.39 is 5.97 Å². The fourth-order valence-corrected chi connectivity index (χ4v) is 2.31. The van der Waals surface area contributed by atoms with Gasteiger partial charge in [0.25, 0.3) is 5.91 Å². The molecular formula is C14H19NO3S. The molecule has 1 rings (SSSR count). The molecule has 0 saturated heterocycles. The smallest absolute Gasteiger partial charge is 0.328 e. The highest BCUT2D eigenvalue weighted by Crippen LogP contribution is 2.25. The molecule has 5 heteroatoms. The van der Waals surface area contributed by atoms with Gasteiger partial charge in [-0.1, -0.05) is 6.92 Å². The van der Waals surface area contributed by atoms with Gasteiger partial charge in [0.15, 0.2) is 0 Å². The Morgan fingerprint density at radius 1 is 1.47 bits per heavy atom. The molecule has 0 atom stereocenters. The van der Waals surface area contributed by atoms with Crippen LogP contribution in [0.15, 0.2) is 17.5 Å². The van der Waals surface area contributed by atoms with Crippen molar-refractivity contribution in [2.75, 3.05) is 7.05 Å². The number of aliphatic carboxylic acids is 1. The fraction of sp³-hybridized carbons (Fsp3) is 0.429. The monoisotopic (exact) mass is 281 g/mol. The zero-order chi connectivity index (χ0) is 14.6. The van der Waals surface area contributed by atoms with Crippen LogP contribution in [0.5, 0.6) is 0 Å². The van der Waals surface area contributed by atoms with Gasteiger partial charge < -0.3 is 10.0 Å². The van der Waals surface area contributed by atoms with E-state index in [0.29, 0.717) is 10.4 Å². The van der Waals surface area contributed by atoms with Gasteiger partial charge in [0.1, 0.15) is 0 Å². The summed E-state index contributed by atoms with van der Waals surface area (Å²) in [6.45, 7) is 6.04. The normalized spacial score (nSPS) is 11.8. The van der Waals surface area contributed by atoms with E-state index in [-0.39, 0.29) is 11.4 Å². The van der Waals surface area contributed by atoms with E-state index in [9.17, 15) is 9.59 Å². The van der Waals surface area contributed by atoms with Crippen molar-refractivity contribution >= 4 is 29.3 Å². The average Bonchev–Trinajstić information content (AvgIpc) is 2.82. The lowest BCUT2D eigenvalue weighted by molar-refractivity contribution is -0.131. The van der Waals surface area contributed by atoms with Crippen molar-refractivity contribution in [3.8, 4) is 0 Å². The standard InChI is InChI=1S/C14H19NO3S/c1-5-14(2,3)15(4)13(18)12-10(8-9-19-12)6-7-11(16)17/h6-9H,5H2,1-4H3,(H,16,17). The van der Waals surface area contributed by atoms with E-state index in [1.54, 1.807) is 23.4 Å². The zero-order valence-electron chi connectivity index (χ0n) is 11.6. The Morgan fingerprint density at radius 3 is 2.63 bits per heavy atom. The van der Waals surface area contributed by atoms with Crippen molar-refractivity contribution in [2.45, 2.75) is 32.7 Å². The Hall–Kier alpha value is -1.62. The Bertz CT molecular complexity index is 503. The molecule has 4 nitrogen and oxygen atoms in total. The summed E-state index contributed by atoms with van der Waals surface area (Å²) in [6, 6.07) is 1.75. The van der Waals surface area contributed by atoms with Crippen LogP contribution in [0.3, 0.4) is 0 Å². The molecule has 1 heterocycles. The molecule has 1 amide bonds. The minimum atomic E-state index is -1.02. The molecule has 0 radical (unpaired) electrons. The summed E-state index contributed by atoms with van der Waals surface area (Å²) in [5.41, 5.74) is 0.422. The van der Waals surface area contributed by atoms with Crippen LogP contribution in [0, 0.1) is 0 Å². The summed E-state index contributed by atoms with van der Waals surface area (Å²) < 4.78 is 0. The molecule has 0 aromatic carbocycles. The van der Waals surface area contributed by atoms with Gasteiger partial charge in [-0.05, 0) is 43.4 Å². The summed E-state index contributed by atoms with van der Waals surface area (Å²) >= 11 is 1.33. The first-order valence-corrected chi connectivity index (χ1v) is 6.94. The summed E-state index contributed by atoms with van der Waals surface area (Å²) in [7, 11) is 1.77. The van der Waals surface area contributed by atoms with Crippen LogP contribution < -0.4 is 0 Å². The van der Waals surface area contributed by atoms with Gasteiger partial charge in [-0.3, -0.25) is 4.79 Å². The quantitative estimate of drug-likeness (QED) is 0.844. The number of hydrogen-bond donors (Lipinski definition) is 1. The van der Waals surface area contributed by atoms with Crippen molar-refractivity contribution in [3.05, 3.63) is 28.0 Å². The Balaban J connectivity index is 3.02. The molecule has 104 valence electrons. The number of nitrogens with zero attached hydrogens (tertiary/aromatic N) is 1. The number of rotatable bonds is 5. The predicted octanol–water partition coefficient (Wildman–Crippen LogP) is 3.11.